The number of unbranched alkanes of at least 4 members (excludes halogenated alkanes) is 12. The first kappa shape index (κ1) is 31.3. The van der Waals surface area contributed by atoms with Crippen molar-refractivity contribution in [1.82, 2.24) is 0 Å². The predicted octanol–water partition coefficient (Wildman–Crippen LogP) is 9.03. The molecule has 1 aromatic carbocycles. The molecule has 0 amide bonds. The number of hydrogen-bond acceptors (Lipinski definition) is 4. The van der Waals surface area contributed by atoms with Gasteiger partial charge in [0.2, 0.25) is 0 Å². The van der Waals surface area contributed by atoms with E-state index in [-0.39, 0.29) is 11.7 Å². The smallest absolute Gasteiger partial charge is 0.183 e. The summed E-state index contributed by atoms with van der Waals surface area (Å²) in [7, 11) is 0. The van der Waals surface area contributed by atoms with Crippen LogP contribution in [0, 0.1) is 5.41 Å². The molecule has 0 aromatic heterocycles. The molecule has 4 heteroatoms. The van der Waals surface area contributed by atoms with Gasteiger partial charge in [-0.05, 0) is 25.7 Å². The summed E-state index contributed by atoms with van der Waals surface area (Å²) in [6, 6.07) is 10.3. The van der Waals surface area contributed by atoms with Crippen molar-refractivity contribution in [3.8, 4) is 0 Å². The average molecular weight is 505 g/mol. The highest BCUT2D eigenvalue weighted by molar-refractivity contribution is 5.16. The summed E-state index contributed by atoms with van der Waals surface area (Å²) < 4.78 is 24.5. The van der Waals surface area contributed by atoms with E-state index in [0.29, 0.717) is 13.2 Å². The van der Waals surface area contributed by atoms with Gasteiger partial charge in [-0.3, -0.25) is 0 Å². The SMILES string of the molecule is CCCCCCCCCCOC[C@]1(CCCCCCOCCCCC)CO[C@H](c2ccccc2)OC1. The van der Waals surface area contributed by atoms with Crippen LogP contribution in [0.1, 0.15) is 128 Å². The van der Waals surface area contributed by atoms with E-state index >= 15 is 0 Å². The quantitative estimate of drug-likeness (QED) is 0.139. The molecule has 1 saturated heterocycles. The van der Waals surface area contributed by atoms with Gasteiger partial charge in [-0.25, -0.2) is 0 Å². The predicted molar refractivity (Wildman–Crippen MR) is 150 cm³/mol. The topological polar surface area (TPSA) is 36.9 Å². The van der Waals surface area contributed by atoms with Crippen molar-refractivity contribution >= 4 is 0 Å². The lowest BCUT2D eigenvalue weighted by atomic mass is 9.84. The first-order chi connectivity index (χ1) is 17.8. The Bertz CT molecular complexity index is 571. The van der Waals surface area contributed by atoms with Gasteiger partial charge in [0.25, 0.3) is 0 Å². The molecule has 0 spiro atoms. The average Bonchev–Trinajstić information content (AvgIpc) is 2.92. The first-order valence-corrected chi connectivity index (χ1v) is 15.2. The molecule has 0 bridgehead atoms. The molecule has 208 valence electrons. The molecular weight excluding hydrogens is 448 g/mol. The molecule has 0 N–H and O–H groups in total. The van der Waals surface area contributed by atoms with Crippen LogP contribution in [0.5, 0.6) is 0 Å². The maximum absolute atomic E-state index is 6.24. The first-order valence-electron chi connectivity index (χ1n) is 15.2. The molecular formula is C32H56O4. The van der Waals surface area contributed by atoms with Crippen LogP contribution >= 0.6 is 0 Å². The van der Waals surface area contributed by atoms with Gasteiger partial charge in [-0.15, -0.1) is 0 Å². The fourth-order valence-electron chi connectivity index (χ4n) is 4.94. The fraction of sp³-hybridized carbons (Fsp3) is 0.812. The Kier molecular flexibility index (Phi) is 18.3. The highest BCUT2D eigenvalue weighted by Crippen LogP contribution is 2.36. The third-order valence-electron chi connectivity index (χ3n) is 7.34. The Morgan fingerprint density at radius 3 is 1.78 bits per heavy atom. The third kappa shape index (κ3) is 14.1. The molecule has 1 aliphatic heterocycles. The Balaban J connectivity index is 1.65. The van der Waals surface area contributed by atoms with Crippen molar-refractivity contribution in [3.63, 3.8) is 0 Å². The molecule has 0 unspecified atom stereocenters. The maximum Gasteiger partial charge on any atom is 0.183 e. The van der Waals surface area contributed by atoms with Crippen molar-refractivity contribution in [2.75, 3.05) is 39.6 Å². The van der Waals surface area contributed by atoms with Crippen molar-refractivity contribution in [2.24, 2.45) is 5.41 Å². The van der Waals surface area contributed by atoms with Gasteiger partial charge in [0.1, 0.15) is 0 Å². The summed E-state index contributed by atoms with van der Waals surface area (Å²) in [6.45, 7) is 9.36. The lowest BCUT2D eigenvalue weighted by Crippen LogP contribution is -2.42. The van der Waals surface area contributed by atoms with Gasteiger partial charge < -0.3 is 18.9 Å². The van der Waals surface area contributed by atoms with Gasteiger partial charge in [0, 0.05) is 30.8 Å². The number of hydrogen-bond donors (Lipinski definition) is 0. The van der Waals surface area contributed by atoms with E-state index in [4.69, 9.17) is 18.9 Å². The zero-order valence-electron chi connectivity index (χ0n) is 23.7. The van der Waals surface area contributed by atoms with Crippen LogP contribution in [0.4, 0.5) is 0 Å². The van der Waals surface area contributed by atoms with Crippen LogP contribution < -0.4 is 0 Å². The van der Waals surface area contributed by atoms with Gasteiger partial charge in [-0.1, -0.05) is 121 Å². The van der Waals surface area contributed by atoms with Gasteiger partial charge in [-0.2, -0.15) is 0 Å². The molecule has 1 fully saturated rings. The van der Waals surface area contributed by atoms with Crippen LogP contribution in [-0.2, 0) is 18.9 Å². The highest BCUT2D eigenvalue weighted by atomic mass is 16.7. The molecule has 0 radical (unpaired) electrons. The summed E-state index contributed by atoms with van der Waals surface area (Å²) in [5.41, 5.74) is 1.08. The minimum absolute atomic E-state index is 0.0257. The molecule has 0 saturated carbocycles. The van der Waals surface area contributed by atoms with Gasteiger partial charge in [0.05, 0.1) is 19.8 Å². The van der Waals surface area contributed by atoms with Crippen LogP contribution in [0.15, 0.2) is 30.3 Å². The van der Waals surface area contributed by atoms with E-state index in [2.05, 4.69) is 26.0 Å². The molecule has 2 rings (SSSR count). The minimum atomic E-state index is -0.253. The monoisotopic (exact) mass is 504 g/mol. The zero-order valence-corrected chi connectivity index (χ0v) is 23.7. The van der Waals surface area contributed by atoms with Gasteiger partial charge in [0.15, 0.2) is 6.29 Å². The number of ether oxygens (including phenoxy) is 4. The number of benzene rings is 1. The van der Waals surface area contributed by atoms with Crippen LogP contribution in [-0.4, -0.2) is 39.6 Å². The summed E-state index contributed by atoms with van der Waals surface area (Å²) in [5, 5.41) is 0. The lowest BCUT2D eigenvalue weighted by Gasteiger charge is -2.40. The van der Waals surface area contributed by atoms with Crippen molar-refractivity contribution in [3.05, 3.63) is 35.9 Å². The number of rotatable bonds is 23. The second-order valence-corrected chi connectivity index (χ2v) is 10.9. The largest absolute Gasteiger partial charge is 0.381 e. The molecule has 1 aliphatic rings. The van der Waals surface area contributed by atoms with Gasteiger partial charge >= 0.3 is 0 Å². The van der Waals surface area contributed by atoms with E-state index in [9.17, 15) is 0 Å². The van der Waals surface area contributed by atoms with E-state index in [1.165, 1.54) is 83.5 Å². The van der Waals surface area contributed by atoms with Crippen molar-refractivity contribution in [2.45, 2.75) is 123 Å². The van der Waals surface area contributed by atoms with E-state index < -0.39 is 0 Å². The van der Waals surface area contributed by atoms with Crippen molar-refractivity contribution in [1.29, 1.82) is 0 Å². The highest BCUT2D eigenvalue weighted by Gasteiger charge is 2.37. The van der Waals surface area contributed by atoms with Crippen LogP contribution in [0.25, 0.3) is 0 Å². The maximum atomic E-state index is 6.24. The standard InChI is InChI=1S/C32H56O4/c1-3-5-7-8-9-10-12-20-26-34-27-32(23-17-11-13-19-25-33-24-18-6-4-2)28-35-31(36-29-32)30-21-15-14-16-22-30/h14-16,21-22,31H,3-13,17-20,23-29H2,1-2H3/t31-,32+. The summed E-state index contributed by atoms with van der Waals surface area (Å²) in [6.07, 6.45) is 20.0. The summed E-state index contributed by atoms with van der Waals surface area (Å²) in [5.74, 6) is 0. The molecule has 1 aromatic rings. The minimum Gasteiger partial charge on any atom is -0.381 e. The summed E-state index contributed by atoms with van der Waals surface area (Å²) >= 11 is 0. The molecule has 1 heterocycles. The lowest BCUT2D eigenvalue weighted by molar-refractivity contribution is -0.246. The normalized spacial score (nSPS) is 20.1. The third-order valence-corrected chi connectivity index (χ3v) is 7.34. The second-order valence-electron chi connectivity index (χ2n) is 10.9. The molecule has 4 nitrogen and oxygen atoms in total. The van der Waals surface area contributed by atoms with E-state index in [1.807, 2.05) is 18.2 Å². The second kappa shape index (κ2) is 21.0. The Labute approximate surface area is 222 Å². The van der Waals surface area contributed by atoms with Crippen LogP contribution in [0.3, 0.4) is 0 Å². The van der Waals surface area contributed by atoms with Crippen molar-refractivity contribution < 1.29 is 18.9 Å². The molecule has 0 atom stereocenters. The Hall–Kier alpha value is -0.940. The van der Waals surface area contributed by atoms with E-state index in [1.54, 1.807) is 0 Å². The van der Waals surface area contributed by atoms with Crippen LogP contribution in [0.2, 0.25) is 0 Å². The molecule has 36 heavy (non-hydrogen) atoms. The molecule has 0 aliphatic carbocycles. The Morgan fingerprint density at radius 1 is 0.639 bits per heavy atom. The summed E-state index contributed by atoms with van der Waals surface area (Å²) in [4.78, 5) is 0. The fourth-order valence-corrected chi connectivity index (χ4v) is 4.94. The van der Waals surface area contributed by atoms with E-state index in [0.717, 1.165) is 51.3 Å². The Morgan fingerprint density at radius 2 is 1.14 bits per heavy atom. The zero-order chi connectivity index (χ0) is 25.6.